The van der Waals surface area contributed by atoms with Gasteiger partial charge >= 0.3 is 0 Å². The number of sulfonamides is 1. The van der Waals surface area contributed by atoms with Crippen LogP contribution in [-0.2, 0) is 21.3 Å². The predicted molar refractivity (Wildman–Crippen MR) is 90.3 cm³/mol. The predicted octanol–water partition coefficient (Wildman–Crippen LogP) is 2.71. The molecular formula is C13H23BrN2O3S2. The number of hydrogen-bond acceptors (Lipinski definition) is 5. The van der Waals surface area contributed by atoms with E-state index in [-0.39, 0.29) is 6.04 Å². The molecule has 1 atom stereocenters. The van der Waals surface area contributed by atoms with Gasteiger partial charge in [0.15, 0.2) is 0 Å². The van der Waals surface area contributed by atoms with Crippen molar-refractivity contribution in [2.24, 2.45) is 0 Å². The second kappa shape index (κ2) is 9.22. The highest BCUT2D eigenvalue weighted by Crippen LogP contribution is 2.31. The van der Waals surface area contributed by atoms with E-state index in [9.17, 15) is 8.42 Å². The normalized spacial score (nSPS) is 13.5. The van der Waals surface area contributed by atoms with Crippen molar-refractivity contribution < 1.29 is 13.2 Å². The second-order valence-electron chi connectivity index (χ2n) is 4.83. The maximum Gasteiger partial charge on any atom is 0.242 e. The van der Waals surface area contributed by atoms with Gasteiger partial charge in [0.2, 0.25) is 10.0 Å². The number of halogens is 1. The molecule has 0 aliphatic carbocycles. The quantitative estimate of drug-likeness (QED) is 0.594. The topological polar surface area (TPSA) is 67.4 Å². The Labute approximate surface area is 139 Å². The number of ether oxygens (including phenoxy) is 1. The maximum absolute atomic E-state index is 12.4. The summed E-state index contributed by atoms with van der Waals surface area (Å²) in [5.41, 5.74) is 0. The van der Waals surface area contributed by atoms with Gasteiger partial charge in [0.1, 0.15) is 4.90 Å². The first-order chi connectivity index (χ1) is 9.90. The van der Waals surface area contributed by atoms with Gasteiger partial charge in [0.05, 0.1) is 3.79 Å². The van der Waals surface area contributed by atoms with Gasteiger partial charge in [-0.05, 0) is 48.3 Å². The molecule has 2 N–H and O–H groups in total. The zero-order valence-electron chi connectivity index (χ0n) is 12.6. The summed E-state index contributed by atoms with van der Waals surface area (Å²) in [7, 11) is -1.90. The van der Waals surface area contributed by atoms with E-state index in [4.69, 9.17) is 4.74 Å². The zero-order chi connectivity index (χ0) is 15.9. The van der Waals surface area contributed by atoms with E-state index < -0.39 is 10.0 Å². The zero-order valence-corrected chi connectivity index (χ0v) is 15.8. The number of hydrogen-bond donors (Lipinski definition) is 2. The SMILES string of the molecule is CCCNCc1cc(S(=O)(=O)NC(C)CCOC)c(Br)s1. The van der Waals surface area contributed by atoms with Crippen molar-refractivity contribution in [1.82, 2.24) is 10.0 Å². The third-order valence-corrected chi connectivity index (χ3v) is 6.67. The summed E-state index contributed by atoms with van der Waals surface area (Å²) < 4.78 is 33.0. The molecule has 122 valence electrons. The lowest BCUT2D eigenvalue weighted by atomic mass is 10.3. The Morgan fingerprint density at radius 1 is 1.48 bits per heavy atom. The summed E-state index contributed by atoms with van der Waals surface area (Å²) in [5.74, 6) is 0. The van der Waals surface area contributed by atoms with Gasteiger partial charge in [-0.3, -0.25) is 0 Å². The molecule has 0 amide bonds. The van der Waals surface area contributed by atoms with Crippen LogP contribution in [-0.4, -0.2) is 34.7 Å². The Bertz CT molecular complexity index is 532. The van der Waals surface area contributed by atoms with Gasteiger partial charge in [-0.1, -0.05) is 6.92 Å². The Balaban J connectivity index is 2.74. The number of rotatable bonds is 10. The van der Waals surface area contributed by atoms with Crippen molar-refractivity contribution in [3.63, 3.8) is 0 Å². The molecule has 0 saturated heterocycles. The number of thiophene rings is 1. The fraction of sp³-hybridized carbons (Fsp3) is 0.692. The lowest BCUT2D eigenvalue weighted by molar-refractivity contribution is 0.188. The minimum absolute atomic E-state index is 0.164. The smallest absolute Gasteiger partial charge is 0.242 e. The summed E-state index contributed by atoms with van der Waals surface area (Å²) in [6.45, 7) is 6.07. The molecule has 1 heterocycles. The minimum Gasteiger partial charge on any atom is -0.385 e. The molecule has 1 aromatic rings. The van der Waals surface area contributed by atoms with Crippen LogP contribution in [0, 0.1) is 0 Å². The first-order valence-corrected chi connectivity index (χ1v) is 10.00. The minimum atomic E-state index is -3.50. The van der Waals surface area contributed by atoms with Gasteiger partial charge in [-0.2, -0.15) is 0 Å². The molecule has 1 unspecified atom stereocenters. The van der Waals surface area contributed by atoms with Crippen LogP contribution in [0.3, 0.4) is 0 Å². The second-order valence-corrected chi connectivity index (χ2v) is 8.97. The van der Waals surface area contributed by atoms with Crippen LogP contribution >= 0.6 is 27.3 Å². The molecule has 0 aliphatic rings. The van der Waals surface area contributed by atoms with Crippen molar-refractivity contribution >= 4 is 37.3 Å². The molecule has 0 aliphatic heterocycles. The summed E-state index contributed by atoms with van der Waals surface area (Å²) in [5, 5.41) is 3.27. The van der Waals surface area contributed by atoms with Crippen molar-refractivity contribution in [3.05, 3.63) is 14.7 Å². The largest absolute Gasteiger partial charge is 0.385 e. The molecule has 0 saturated carbocycles. The van der Waals surface area contributed by atoms with Crippen LogP contribution in [0.5, 0.6) is 0 Å². The van der Waals surface area contributed by atoms with Crippen LogP contribution < -0.4 is 10.0 Å². The maximum atomic E-state index is 12.4. The Hall–Kier alpha value is 0.01000. The number of nitrogens with one attached hydrogen (secondary N) is 2. The molecule has 21 heavy (non-hydrogen) atoms. The molecular weight excluding hydrogens is 376 g/mol. The first kappa shape index (κ1) is 19.1. The molecule has 0 bridgehead atoms. The van der Waals surface area contributed by atoms with Gasteiger partial charge in [0, 0.05) is 31.2 Å². The number of methoxy groups -OCH3 is 1. The standard InChI is InChI=1S/C13H23BrN2O3S2/c1-4-6-15-9-11-8-12(13(14)20-11)21(17,18)16-10(2)5-7-19-3/h8,10,15-16H,4-7,9H2,1-3H3. The highest BCUT2D eigenvalue weighted by molar-refractivity contribution is 9.11. The van der Waals surface area contributed by atoms with E-state index in [0.717, 1.165) is 17.8 Å². The van der Waals surface area contributed by atoms with E-state index in [1.165, 1.54) is 11.3 Å². The molecule has 1 rings (SSSR count). The van der Waals surface area contributed by atoms with Gasteiger partial charge in [-0.15, -0.1) is 11.3 Å². The van der Waals surface area contributed by atoms with E-state index in [0.29, 0.717) is 28.3 Å². The highest BCUT2D eigenvalue weighted by atomic mass is 79.9. The summed E-state index contributed by atoms with van der Waals surface area (Å²) in [6.07, 6.45) is 1.69. The van der Waals surface area contributed by atoms with Crippen LogP contribution in [0.1, 0.15) is 31.6 Å². The third kappa shape index (κ3) is 6.33. The average Bonchev–Trinajstić information content (AvgIpc) is 2.78. The third-order valence-electron chi connectivity index (χ3n) is 2.83. The fourth-order valence-corrected chi connectivity index (χ4v) is 5.67. The van der Waals surface area contributed by atoms with Crippen LogP contribution in [0.25, 0.3) is 0 Å². The van der Waals surface area contributed by atoms with Crippen LogP contribution in [0.15, 0.2) is 14.7 Å². The summed E-state index contributed by atoms with van der Waals surface area (Å²) in [4.78, 5) is 1.31. The van der Waals surface area contributed by atoms with E-state index in [1.807, 2.05) is 6.92 Å². The van der Waals surface area contributed by atoms with Gasteiger partial charge in [0.25, 0.3) is 0 Å². The van der Waals surface area contributed by atoms with Crippen molar-refractivity contribution in [3.8, 4) is 0 Å². The molecule has 1 aromatic heterocycles. The van der Waals surface area contributed by atoms with Gasteiger partial charge < -0.3 is 10.1 Å². The fourth-order valence-electron chi connectivity index (χ4n) is 1.74. The molecule has 5 nitrogen and oxygen atoms in total. The monoisotopic (exact) mass is 398 g/mol. The molecule has 8 heteroatoms. The molecule has 0 fully saturated rings. The Morgan fingerprint density at radius 2 is 2.19 bits per heavy atom. The van der Waals surface area contributed by atoms with Crippen molar-refractivity contribution in [1.29, 1.82) is 0 Å². The lowest BCUT2D eigenvalue weighted by Crippen LogP contribution is -2.33. The summed E-state index contributed by atoms with van der Waals surface area (Å²) in [6, 6.07) is 1.56. The molecule has 0 radical (unpaired) electrons. The lowest BCUT2D eigenvalue weighted by Gasteiger charge is -2.13. The van der Waals surface area contributed by atoms with Crippen LogP contribution in [0.2, 0.25) is 0 Å². The van der Waals surface area contributed by atoms with E-state index in [2.05, 4.69) is 32.9 Å². The van der Waals surface area contributed by atoms with Crippen molar-refractivity contribution in [2.75, 3.05) is 20.3 Å². The van der Waals surface area contributed by atoms with Crippen molar-refractivity contribution in [2.45, 2.75) is 44.2 Å². The Kier molecular flexibility index (Phi) is 8.36. The first-order valence-electron chi connectivity index (χ1n) is 6.91. The molecule has 0 aromatic carbocycles. The van der Waals surface area contributed by atoms with E-state index in [1.54, 1.807) is 13.2 Å². The van der Waals surface area contributed by atoms with Gasteiger partial charge in [-0.25, -0.2) is 13.1 Å². The average molecular weight is 399 g/mol. The Morgan fingerprint density at radius 3 is 2.81 bits per heavy atom. The summed E-state index contributed by atoms with van der Waals surface area (Å²) >= 11 is 4.80. The molecule has 0 spiro atoms. The van der Waals surface area contributed by atoms with E-state index >= 15 is 0 Å². The van der Waals surface area contributed by atoms with Crippen LogP contribution in [0.4, 0.5) is 0 Å². The highest BCUT2D eigenvalue weighted by Gasteiger charge is 2.22.